The molecule has 0 saturated heterocycles. The van der Waals surface area contributed by atoms with Crippen LogP contribution < -0.4 is 9.62 Å². The molecule has 1 aromatic heterocycles. The molecule has 1 N–H and O–H groups in total. The van der Waals surface area contributed by atoms with E-state index in [0.717, 1.165) is 18.5 Å². The average molecular weight is 425 g/mol. The zero-order chi connectivity index (χ0) is 21.1. The largest absolute Gasteiger partial charge is 0.352 e. The number of fused-ring (bicyclic) bond motifs is 1. The lowest BCUT2D eigenvalue weighted by Gasteiger charge is -2.24. The fraction of sp³-hybridized carbons (Fsp3) is 0.273. The molecule has 0 aliphatic carbocycles. The Bertz CT molecular complexity index is 1140. The first-order valence-corrected chi connectivity index (χ1v) is 11.4. The number of nitrogens with zero attached hydrogens (tertiary/aromatic N) is 3. The molecule has 2 aromatic carbocycles. The van der Waals surface area contributed by atoms with Crippen molar-refractivity contribution < 1.29 is 13.2 Å². The number of amides is 1. The standard InChI is InChI=1S/C22H24N4O3S/c1-17-14-18-6-2-3-9-21(18)26(17)30(28,29)20-8-4-7-19(15-20)22(27)24-10-5-12-25-13-11-23-16-25/h2-4,6-9,11,13,15-17H,5,10,12,14H2,1H3,(H,24,27)/t17-/m0/s1. The van der Waals surface area contributed by atoms with Crippen molar-refractivity contribution in [2.45, 2.75) is 37.2 Å². The van der Waals surface area contributed by atoms with Gasteiger partial charge in [-0.2, -0.15) is 0 Å². The third-order valence-electron chi connectivity index (χ3n) is 5.24. The van der Waals surface area contributed by atoms with Gasteiger partial charge in [-0.15, -0.1) is 0 Å². The van der Waals surface area contributed by atoms with Crippen molar-refractivity contribution in [3.05, 3.63) is 78.4 Å². The van der Waals surface area contributed by atoms with E-state index in [9.17, 15) is 13.2 Å². The van der Waals surface area contributed by atoms with Gasteiger partial charge in [0.25, 0.3) is 15.9 Å². The van der Waals surface area contributed by atoms with Crippen molar-refractivity contribution in [3.8, 4) is 0 Å². The first-order chi connectivity index (χ1) is 14.5. The monoisotopic (exact) mass is 424 g/mol. The van der Waals surface area contributed by atoms with Crippen LogP contribution in [0.1, 0.15) is 29.3 Å². The van der Waals surface area contributed by atoms with Gasteiger partial charge in [0.1, 0.15) is 0 Å². The summed E-state index contributed by atoms with van der Waals surface area (Å²) in [4.78, 5) is 16.6. The molecule has 0 spiro atoms. The minimum absolute atomic E-state index is 0.122. The minimum Gasteiger partial charge on any atom is -0.352 e. The van der Waals surface area contributed by atoms with Crippen LogP contribution in [0.2, 0.25) is 0 Å². The van der Waals surface area contributed by atoms with Crippen LogP contribution >= 0.6 is 0 Å². The summed E-state index contributed by atoms with van der Waals surface area (Å²) in [6.45, 7) is 3.14. The van der Waals surface area contributed by atoms with Crippen LogP contribution in [0, 0.1) is 0 Å². The van der Waals surface area contributed by atoms with Crippen molar-refractivity contribution in [1.82, 2.24) is 14.9 Å². The Kier molecular flexibility index (Phi) is 5.59. The van der Waals surface area contributed by atoms with E-state index in [0.29, 0.717) is 24.2 Å². The van der Waals surface area contributed by atoms with Crippen molar-refractivity contribution in [3.63, 3.8) is 0 Å². The highest BCUT2D eigenvalue weighted by atomic mass is 32.2. The highest BCUT2D eigenvalue weighted by Gasteiger charge is 2.36. The summed E-state index contributed by atoms with van der Waals surface area (Å²) >= 11 is 0. The number of nitrogens with one attached hydrogen (secondary N) is 1. The van der Waals surface area contributed by atoms with Gasteiger partial charge >= 0.3 is 0 Å². The van der Waals surface area contributed by atoms with E-state index in [1.807, 2.05) is 42.0 Å². The summed E-state index contributed by atoms with van der Waals surface area (Å²) < 4.78 is 30.1. The molecule has 1 aliphatic heterocycles. The van der Waals surface area contributed by atoms with Crippen molar-refractivity contribution in [1.29, 1.82) is 0 Å². The molecule has 1 atom stereocenters. The van der Waals surface area contributed by atoms with E-state index in [1.54, 1.807) is 30.7 Å². The number of para-hydroxylation sites is 1. The maximum atomic E-state index is 13.4. The molecular weight excluding hydrogens is 400 g/mol. The SMILES string of the molecule is C[C@H]1Cc2ccccc2N1S(=O)(=O)c1cccc(C(=O)NCCCn2ccnc2)c1. The van der Waals surface area contributed by atoms with Crippen LogP contribution in [-0.4, -0.2) is 36.5 Å². The van der Waals surface area contributed by atoms with Gasteiger partial charge in [-0.3, -0.25) is 9.10 Å². The van der Waals surface area contributed by atoms with E-state index in [-0.39, 0.29) is 16.8 Å². The van der Waals surface area contributed by atoms with Crippen LogP contribution in [0.3, 0.4) is 0 Å². The third-order valence-corrected chi connectivity index (χ3v) is 7.16. The quantitative estimate of drug-likeness (QED) is 0.591. The number of anilines is 1. The van der Waals surface area contributed by atoms with Crippen LogP contribution in [-0.2, 0) is 23.0 Å². The summed E-state index contributed by atoms with van der Waals surface area (Å²) in [6.07, 6.45) is 6.74. The Morgan fingerprint density at radius 1 is 1.20 bits per heavy atom. The number of sulfonamides is 1. The van der Waals surface area contributed by atoms with Gasteiger partial charge < -0.3 is 9.88 Å². The summed E-state index contributed by atoms with van der Waals surface area (Å²) in [6, 6.07) is 13.6. The number of rotatable bonds is 7. The second kappa shape index (κ2) is 8.31. The highest BCUT2D eigenvalue weighted by molar-refractivity contribution is 7.92. The van der Waals surface area contributed by atoms with Gasteiger partial charge in [0, 0.05) is 37.1 Å². The molecule has 30 heavy (non-hydrogen) atoms. The summed E-state index contributed by atoms with van der Waals surface area (Å²) in [5, 5.41) is 2.85. The van der Waals surface area contributed by atoms with Crippen molar-refractivity contribution >= 4 is 21.6 Å². The Balaban J connectivity index is 1.48. The second-order valence-corrected chi connectivity index (χ2v) is 9.24. The molecule has 1 amide bonds. The van der Waals surface area contributed by atoms with Gasteiger partial charge in [-0.1, -0.05) is 24.3 Å². The van der Waals surface area contributed by atoms with Crippen LogP contribution in [0.15, 0.2) is 72.1 Å². The van der Waals surface area contributed by atoms with Gasteiger partial charge in [0.2, 0.25) is 0 Å². The fourth-order valence-corrected chi connectivity index (χ4v) is 5.54. The Hall–Kier alpha value is -3.13. The Morgan fingerprint density at radius 3 is 2.83 bits per heavy atom. The number of imidazole rings is 1. The maximum absolute atomic E-state index is 13.4. The van der Waals surface area contributed by atoms with Gasteiger partial charge in [-0.25, -0.2) is 13.4 Å². The molecule has 3 aromatic rings. The molecule has 4 rings (SSSR count). The zero-order valence-corrected chi connectivity index (χ0v) is 17.5. The predicted octanol–water partition coefficient (Wildman–Crippen LogP) is 2.84. The zero-order valence-electron chi connectivity index (χ0n) is 16.7. The normalized spacial score (nSPS) is 15.8. The lowest BCUT2D eigenvalue weighted by Crippen LogP contribution is -2.36. The Morgan fingerprint density at radius 2 is 2.03 bits per heavy atom. The van der Waals surface area contributed by atoms with Gasteiger partial charge in [0.15, 0.2) is 0 Å². The number of hydrogen-bond donors (Lipinski definition) is 1. The Labute approximate surface area is 176 Å². The number of carbonyl (C=O) groups is 1. The molecule has 0 radical (unpaired) electrons. The van der Waals surface area contributed by atoms with Crippen molar-refractivity contribution in [2.24, 2.45) is 0 Å². The lowest BCUT2D eigenvalue weighted by molar-refractivity contribution is 0.0952. The summed E-state index contributed by atoms with van der Waals surface area (Å²) in [7, 11) is -3.77. The smallest absolute Gasteiger partial charge is 0.264 e. The topological polar surface area (TPSA) is 84.3 Å². The molecule has 2 heterocycles. The molecule has 7 nitrogen and oxygen atoms in total. The van der Waals surface area contributed by atoms with Gasteiger partial charge in [0.05, 0.1) is 16.9 Å². The summed E-state index contributed by atoms with van der Waals surface area (Å²) in [5.74, 6) is -0.285. The van der Waals surface area contributed by atoms with Crippen molar-refractivity contribution in [2.75, 3.05) is 10.8 Å². The molecule has 156 valence electrons. The lowest BCUT2D eigenvalue weighted by atomic mass is 10.1. The molecule has 0 fully saturated rings. The molecule has 0 unspecified atom stereocenters. The minimum atomic E-state index is -3.77. The molecule has 8 heteroatoms. The third kappa shape index (κ3) is 3.95. The first-order valence-electron chi connectivity index (χ1n) is 9.93. The molecule has 0 saturated carbocycles. The molecular formula is C22H24N4O3S. The fourth-order valence-electron chi connectivity index (χ4n) is 3.80. The van der Waals surface area contributed by atoms with Crippen LogP contribution in [0.25, 0.3) is 0 Å². The van der Waals surface area contributed by atoms with E-state index >= 15 is 0 Å². The van der Waals surface area contributed by atoms with Gasteiger partial charge in [-0.05, 0) is 49.6 Å². The van der Waals surface area contributed by atoms with E-state index in [2.05, 4.69) is 10.3 Å². The molecule has 0 bridgehead atoms. The van der Waals surface area contributed by atoms with E-state index < -0.39 is 10.0 Å². The van der Waals surface area contributed by atoms with Crippen LogP contribution in [0.4, 0.5) is 5.69 Å². The van der Waals surface area contributed by atoms with E-state index in [1.165, 1.54) is 10.4 Å². The number of benzene rings is 2. The first kappa shape index (κ1) is 20.2. The second-order valence-electron chi connectivity index (χ2n) is 7.42. The number of carbonyl (C=O) groups excluding carboxylic acids is 1. The number of aryl methyl sites for hydroxylation is 1. The molecule has 1 aliphatic rings. The average Bonchev–Trinajstić information content (AvgIpc) is 3.38. The number of hydrogen-bond acceptors (Lipinski definition) is 4. The summed E-state index contributed by atoms with van der Waals surface area (Å²) in [5.41, 5.74) is 2.05. The maximum Gasteiger partial charge on any atom is 0.264 e. The van der Waals surface area contributed by atoms with Crippen LogP contribution in [0.5, 0.6) is 0 Å². The van der Waals surface area contributed by atoms with E-state index in [4.69, 9.17) is 0 Å². The number of aromatic nitrogens is 2. The predicted molar refractivity (Wildman–Crippen MR) is 115 cm³/mol. The highest BCUT2D eigenvalue weighted by Crippen LogP contribution is 2.36.